The van der Waals surface area contributed by atoms with Gasteiger partial charge in [-0.25, -0.2) is 4.79 Å². The number of nitrogens with zero attached hydrogens (tertiary/aromatic N) is 3. The zero-order chi connectivity index (χ0) is 35.0. The number of nitrogens with one attached hydrogen (secondary N) is 2. The second-order valence-corrected chi connectivity index (χ2v) is 11.9. The van der Waals surface area contributed by atoms with E-state index in [1.165, 1.54) is 9.80 Å². The normalized spacial score (nSPS) is 14.1. The number of fused-ring (bicyclic) bond motifs is 1. The molecule has 1 aliphatic rings. The van der Waals surface area contributed by atoms with Crippen molar-refractivity contribution in [2.75, 3.05) is 26.6 Å². The number of benzene rings is 5. The van der Waals surface area contributed by atoms with E-state index in [1.54, 1.807) is 108 Å². The molecule has 0 saturated heterocycles. The third-order valence-corrected chi connectivity index (χ3v) is 8.16. The number of para-hydroxylation sites is 4. The van der Waals surface area contributed by atoms with E-state index < -0.39 is 30.4 Å². The second kappa shape index (κ2) is 15.2. The van der Waals surface area contributed by atoms with Crippen LogP contribution < -0.4 is 30.1 Å². The molecule has 5 amide bonds. The van der Waals surface area contributed by atoms with Gasteiger partial charge < -0.3 is 20.3 Å². The first-order chi connectivity index (χ1) is 24.3. The van der Waals surface area contributed by atoms with Crippen LogP contribution in [-0.4, -0.2) is 42.4 Å². The quantitative estimate of drug-likeness (QED) is 0.157. The second-order valence-electron chi connectivity index (χ2n) is 11.9. The lowest BCUT2D eigenvalue weighted by molar-refractivity contribution is -0.129. The van der Waals surface area contributed by atoms with Crippen LogP contribution in [0, 0.1) is 0 Å². The topological polar surface area (TPSA) is 111 Å². The molecule has 1 atom stereocenters. The molecule has 5 aromatic carbocycles. The lowest BCUT2D eigenvalue weighted by atomic mass is 10.2. The average molecular weight is 668 g/mol. The largest absolute Gasteiger partial charge is 0.489 e. The van der Waals surface area contributed by atoms with E-state index in [0.29, 0.717) is 40.8 Å². The number of amides is 5. The minimum absolute atomic E-state index is 0.274. The summed E-state index contributed by atoms with van der Waals surface area (Å²) >= 11 is 0. The van der Waals surface area contributed by atoms with Crippen molar-refractivity contribution < 1.29 is 23.9 Å². The fourth-order valence-corrected chi connectivity index (χ4v) is 5.84. The highest BCUT2D eigenvalue weighted by Crippen LogP contribution is 2.38. The van der Waals surface area contributed by atoms with Crippen molar-refractivity contribution in [3.05, 3.63) is 145 Å². The Morgan fingerprint density at radius 1 is 0.720 bits per heavy atom. The molecule has 1 unspecified atom stereocenters. The minimum atomic E-state index is -1.65. The molecule has 2 N–H and O–H groups in total. The number of carbonyl (C=O) groups is 4. The molecule has 5 aromatic rings. The molecule has 6 rings (SSSR count). The lowest BCUT2D eigenvalue weighted by Gasteiger charge is -2.31. The zero-order valence-corrected chi connectivity index (χ0v) is 27.7. The Morgan fingerprint density at radius 2 is 1.30 bits per heavy atom. The highest BCUT2D eigenvalue weighted by molar-refractivity contribution is 6.25. The number of hydrogen-bond acceptors (Lipinski definition) is 5. The molecule has 10 heteroatoms. The predicted molar refractivity (Wildman–Crippen MR) is 195 cm³/mol. The van der Waals surface area contributed by atoms with Crippen LogP contribution in [0.25, 0.3) is 0 Å². The Hall–Kier alpha value is -6.42. The molecule has 0 aromatic heterocycles. The SMILES string of the molecule is CC(C)N(C(=O)CN1C(=O)C(NC(=O)Nc2ccccc2)C(=O)N(c2ccccc2)c2ccccc21)c1ccc(OCc2ccccc2)cc1. The van der Waals surface area contributed by atoms with Gasteiger partial charge in [0.15, 0.2) is 6.04 Å². The number of anilines is 5. The van der Waals surface area contributed by atoms with E-state index in [4.69, 9.17) is 4.74 Å². The maximum absolute atomic E-state index is 14.4. The van der Waals surface area contributed by atoms with Crippen molar-refractivity contribution >= 4 is 52.2 Å². The highest BCUT2D eigenvalue weighted by Gasteiger charge is 2.43. The van der Waals surface area contributed by atoms with Gasteiger partial charge in [0, 0.05) is 23.1 Å². The molecule has 0 fully saturated rings. The standard InChI is InChI=1S/C40H37N5O5/c1-28(2)44(32-22-24-33(25-23-32)50-27-29-14-6-3-7-15-29)36(46)26-43-34-20-12-13-21-35(34)45(31-18-10-5-11-19-31)39(48)37(38(43)47)42-40(49)41-30-16-8-4-9-17-30/h3-25,28,37H,26-27H2,1-2H3,(H2,41,42,49). The summed E-state index contributed by atoms with van der Waals surface area (Å²) in [7, 11) is 0. The number of rotatable bonds is 10. The Labute approximate surface area is 290 Å². The van der Waals surface area contributed by atoms with E-state index in [0.717, 1.165) is 5.56 Å². The van der Waals surface area contributed by atoms with E-state index in [2.05, 4.69) is 10.6 Å². The summed E-state index contributed by atoms with van der Waals surface area (Å²) in [6, 6.07) is 38.8. The zero-order valence-electron chi connectivity index (χ0n) is 27.7. The van der Waals surface area contributed by atoms with Gasteiger partial charge in [-0.2, -0.15) is 0 Å². The van der Waals surface area contributed by atoms with Crippen LogP contribution in [0.5, 0.6) is 5.75 Å². The van der Waals surface area contributed by atoms with Gasteiger partial charge in [0.1, 0.15) is 18.9 Å². The molecule has 50 heavy (non-hydrogen) atoms. The number of carbonyl (C=O) groups excluding carboxylic acids is 4. The van der Waals surface area contributed by atoms with Crippen molar-refractivity contribution in [2.45, 2.75) is 32.5 Å². The van der Waals surface area contributed by atoms with Crippen LogP contribution >= 0.6 is 0 Å². The summed E-state index contributed by atoms with van der Waals surface area (Å²) in [6.07, 6.45) is 0. The fraction of sp³-hybridized carbons (Fsp3) is 0.150. The van der Waals surface area contributed by atoms with Crippen molar-refractivity contribution in [1.29, 1.82) is 0 Å². The summed E-state index contributed by atoms with van der Waals surface area (Å²) < 4.78 is 5.94. The Balaban J connectivity index is 1.30. The van der Waals surface area contributed by atoms with Gasteiger partial charge in [-0.15, -0.1) is 0 Å². The van der Waals surface area contributed by atoms with Gasteiger partial charge in [-0.05, 0) is 80.1 Å². The van der Waals surface area contributed by atoms with Crippen molar-refractivity contribution in [3.63, 3.8) is 0 Å². The summed E-state index contributed by atoms with van der Waals surface area (Å²) in [4.78, 5) is 60.5. The van der Waals surface area contributed by atoms with Gasteiger partial charge in [0.05, 0.1) is 11.4 Å². The van der Waals surface area contributed by atoms with E-state index in [9.17, 15) is 19.2 Å². The smallest absolute Gasteiger partial charge is 0.320 e. The van der Waals surface area contributed by atoms with Crippen molar-refractivity contribution in [3.8, 4) is 5.75 Å². The lowest BCUT2D eigenvalue weighted by Crippen LogP contribution is -2.57. The van der Waals surface area contributed by atoms with Crippen molar-refractivity contribution in [1.82, 2.24) is 5.32 Å². The third kappa shape index (κ3) is 7.50. The predicted octanol–water partition coefficient (Wildman–Crippen LogP) is 6.91. The summed E-state index contributed by atoms with van der Waals surface area (Å²) in [5, 5.41) is 5.27. The molecule has 1 heterocycles. The molecule has 10 nitrogen and oxygen atoms in total. The van der Waals surface area contributed by atoms with Gasteiger partial charge >= 0.3 is 6.03 Å². The van der Waals surface area contributed by atoms with Crippen LogP contribution in [0.15, 0.2) is 140 Å². The molecule has 0 bridgehead atoms. The van der Waals surface area contributed by atoms with E-state index in [-0.39, 0.29) is 11.9 Å². The number of hydrogen-bond donors (Lipinski definition) is 2. The molecular weight excluding hydrogens is 630 g/mol. The molecule has 0 aliphatic carbocycles. The maximum atomic E-state index is 14.4. The van der Waals surface area contributed by atoms with Crippen LogP contribution in [-0.2, 0) is 21.0 Å². The number of ether oxygens (including phenoxy) is 1. The Kier molecular flexibility index (Phi) is 10.2. The molecule has 0 saturated carbocycles. The third-order valence-electron chi connectivity index (χ3n) is 8.16. The molecule has 1 aliphatic heterocycles. The summed E-state index contributed by atoms with van der Waals surface area (Å²) in [6.45, 7) is 3.78. The molecular formula is C40H37N5O5. The van der Waals surface area contributed by atoms with Crippen LogP contribution in [0.2, 0.25) is 0 Å². The summed E-state index contributed by atoms with van der Waals surface area (Å²) in [5.41, 5.74) is 3.38. The minimum Gasteiger partial charge on any atom is -0.489 e. The first kappa shape index (κ1) is 33.5. The highest BCUT2D eigenvalue weighted by atomic mass is 16.5. The van der Waals surface area contributed by atoms with Crippen LogP contribution in [0.1, 0.15) is 19.4 Å². The Bertz CT molecular complexity index is 1950. The number of urea groups is 1. The maximum Gasteiger partial charge on any atom is 0.320 e. The van der Waals surface area contributed by atoms with Gasteiger partial charge in [0.2, 0.25) is 5.91 Å². The van der Waals surface area contributed by atoms with Gasteiger partial charge in [-0.1, -0.05) is 78.9 Å². The van der Waals surface area contributed by atoms with Crippen LogP contribution in [0.4, 0.5) is 33.2 Å². The fourth-order valence-electron chi connectivity index (χ4n) is 5.84. The van der Waals surface area contributed by atoms with Gasteiger partial charge in [0.25, 0.3) is 11.8 Å². The van der Waals surface area contributed by atoms with Crippen LogP contribution in [0.3, 0.4) is 0 Å². The monoisotopic (exact) mass is 667 g/mol. The first-order valence-corrected chi connectivity index (χ1v) is 16.3. The summed E-state index contributed by atoms with van der Waals surface area (Å²) in [5.74, 6) is -1.15. The first-order valence-electron chi connectivity index (χ1n) is 16.3. The van der Waals surface area contributed by atoms with Gasteiger partial charge in [-0.3, -0.25) is 24.2 Å². The van der Waals surface area contributed by atoms with Crippen molar-refractivity contribution in [2.24, 2.45) is 0 Å². The molecule has 252 valence electrons. The van der Waals surface area contributed by atoms with E-state index >= 15 is 0 Å². The van der Waals surface area contributed by atoms with E-state index in [1.807, 2.05) is 50.2 Å². The molecule has 0 radical (unpaired) electrons. The Morgan fingerprint density at radius 3 is 1.94 bits per heavy atom. The molecule has 0 spiro atoms. The average Bonchev–Trinajstić information content (AvgIpc) is 3.21.